The van der Waals surface area contributed by atoms with Crippen LogP contribution >= 0.6 is 11.3 Å². The van der Waals surface area contributed by atoms with Crippen LogP contribution in [-0.4, -0.2) is 0 Å². The van der Waals surface area contributed by atoms with Crippen LogP contribution in [0.15, 0.2) is 72.4 Å². The summed E-state index contributed by atoms with van der Waals surface area (Å²) in [6.07, 6.45) is 3.47. The molecule has 2 heteroatoms. The second-order valence-corrected chi connectivity index (χ2v) is 7.93. The van der Waals surface area contributed by atoms with Crippen molar-refractivity contribution in [2.24, 2.45) is 5.92 Å². The van der Waals surface area contributed by atoms with Gasteiger partial charge in [-0.1, -0.05) is 61.5 Å². The summed E-state index contributed by atoms with van der Waals surface area (Å²) in [5, 5.41) is 7.67. The first-order valence-electron chi connectivity index (χ1n) is 8.76. The van der Waals surface area contributed by atoms with E-state index in [4.69, 9.17) is 0 Å². The fourth-order valence-electron chi connectivity index (χ4n) is 3.76. The van der Waals surface area contributed by atoms with Gasteiger partial charge < -0.3 is 5.32 Å². The first-order valence-corrected chi connectivity index (χ1v) is 9.58. The summed E-state index contributed by atoms with van der Waals surface area (Å²) in [6.45, 7) is 2.32. The quantitative estimate of drug-likeness (QED) is 0.428. The minimum absolute atomic E-state index is 0.500. The van der Waals surface area contributed by atoms with Crippen molar-refractivity contribution in [1.82, 2.24) is 0 Å². The predicted molar refractivity (Wildman–Crippen MR) is 110 cm³/mol. The van der Waals surface area contributed by atoms with E-state index in [9.17, 15) is 0 Å². The van der Waals surface area contributed by atoms with Gasteiger partial charge in [0, 0.05) is 37.7 Å². The molecule has 122 valence electrons. The van der Waals surface area contributed by atoms with Gasteiger partial charge in [0.1, 0.15) is 0 Å². The molecule has 0 saturated heterocycles. The number of benzene rings is 3. The predicted octanol–water partition coefficient (Wildman–Crippen LogP) is 6.70. The van der Waals surface area contributed by atoms with Gasteiger partial charge in [0.05, 0.1) is 0 Å². The number of allylic oxidation sites excluding steroid dienone is 1. The van der Waals surface area contributed by atoms with E-state index in [1.165, 1.54) is 42.7 Å². The molecule has 1 atom stereocenters. The number of anilines is 1. The third kappa shape index (κ3) is 2.45. The van der Waals surface area contributed by atoms with Crippen LogP contribution in [-0.2, 0) is 6.42 Å². The average Bonchev–Trinajstić information content (AvgIpc) is 2.99. The fourth-order valence-corrected chi connectivity index (χ4v) is 5.07. The van der Waals surface area contributed by atoms with Gasteiger partial charge in [0.2, 0.25) is 0 Å². The molecule has 1 aliphatic carbocycles. The highest BCUT2D eigenvalue weighted by Crippen LogP contribution is 2.40. The van der Waals surface area contributed by atoms with Crippen molar-refractivity contribution < 1.29 is 0 Å². The van der Waals surface area contributed by atoms with E-state index < -0.39 is 0 Å². The van der Waals surface area contributed by atoms with E-state index in [2.05, 4.69) is 85.0 Å². The fraction of sp³-hybridized carbons (Fsp3) is 0.130. The van der Waals surface area contributed by atoms with E-state index in [1.54, 1.807) is 0 Å². The zero-order chi connectivity index (χ0) is 16.8. The van der Waals surface area contributed by atoms with Crippen LogP contribution in [0.3, 0.4) is 0 Å². The summed E-state index contributed by atoms with van der Waals surface area (Å²) in [4.78, 5) is 1.51. The van der Waals surface area contributed by atoms with E-state index >= 15 is 0 Å². The Balaban J connectivity index is 1.61. The standard InChI is InChI=1S/C23H19NS/c1-15-13-23-19(18-10-4-5-12-22(18)25-23)14-21(15)24-20-11-6-8-16-7-2-3-9-17(16)20/h2-12,14-15,24H,13H2,1H3. The number of thiophene rings is 1. The lowest BCUT2D eigenvalue weighted by Gasteiger charge is -2.23. The van der Waals surface area contributed by atoms with Gasteiger partial charge >= 0.3 is 0 Å². The zero-order valence-electron chi connectivity index (χ0n) is 14.1. The molecule has 0 saturated carbocycles. The Hall–Kier alpha value is -2.58. The molecule has 3 aromatic carbocycles. The Kier molecular flexibility index (Phi) is 3.39. The number of hydrogen-bond acceptors (Lipinski definition) is 2. The Morgan fingerprint density at radius 1 is 0.880 bits per heavy atom. The lowest BCUT2D eigenvalue weighted by atomic mass is 9.92. The van der Waals surface area contributed by atoms with Gasteiger partial charge in [-0.3, -0.25) is 0 Å². The van der Waals surface area contributed by atoms with Crippen molar-refractivity contribution in [3.05, 3.63) is 82.9 Å². The highest BCUT2D eigenvalue weighted by molar-refractivity contribution is 7.19. The molecule has 5 rings (SSSR count). The number of fused-ring (bicyclic) bond motifs is 4. The van der Waals surface area contributed by atoms with Crippen LogP contribution in [0.5, 0.6) is 0 Å². The van der Waals surface area contributed by atoms with Crippen LogP contribution in [0.4, 0.5) is 5.69 Å². The largest absolute Gasteiger partial charge is 0.358 e. The molecule has 25 heavy (non-hydrogen) atoms. The topological polar surface area (TPSA) is 12.0 Å². The number of hydrogen-bond donors (Lipinski definition) is 1. The first kappa shape index (κ1) is 14.7. The molecular formula is C23H19NS. The lowest BCUT2D eigenvalue weighted by molar-refractivity contribution is 0.685. The van der Waals surface area contributed by atoms with Crippen molar-refractivity contribution in [2.75, 3.05) is 5.32 Å². The van der Waals surface area contributed by atoms with Gasteiger partial charge in [0.15, 0.2) is 0 Å². The highest BCUT2D eigenvalue weighted by atomic mass is 32.1. The van der Waals surface area contributed by atoms with Gasteiger partial charge in [-0.25, -0.2) is 0 Å². The summed E-state index contributed by atoms with van der Waals surface area (Å²) < 4.78 is 1.39. The molecule has 0 spiro atoms. The first-order chi connectivity index (χ1) is 12.3. The molecule has 1 heterocycles. The van der Waals surface area contributed by atoms with Gasteiger partial charge in [-0.15, -0.1) is 11.3 Å². The smallest absolute Gasteiger partial charge is 0.0461 e. The van der Waals surface area contributed by atoms with Crippen molar-refractivity contribution in [3.63, 3.8) is 0 Å². The van der Waals surface area contributed by atoms with Crippen LogP contribution in [0.25, 0.3) is 26.9 Å². The summed E-state index contributed by atoms with van der Waals surface area (Å²) in [6, 6.07) is 23.8. The maximum atomic E-state index is 3.73. The molecule has 0 aliphatic heterocycles. The van der Waals surface area contributed by atoms with Crippen LogP contribution < -0.4 is 5.32 Å². The molecule has 1 nitrogen and oxygen atoms in total. The van der Waals surface area contributed by atoms with Crippen LogP contribution in [0, 0.1) is 5.92 Å². The molecule has 4 aromatic rings. The average molecular weight is 341 g/mol. The third-order valence-corrected chi connectivity index (χ3v) is 6.31. The summed E-state index contributed by atoms with van der Waals surface area (Å²) >= 11 is 1.94. The van der Waals surface area contributed by atoms with E-state index in [1.807, 2.05) is 11.3 Å². The van der Waals surface area contributed by atoms with Gasteiger partial charge in [-0.2, -0.15) is 0 Å². The summed E-state index contributed by atoms with van der Waals surface area (Å²) in [5.41, 5.74) is 3.91. The number of rotatable bonds is 2. The maximum absolute atomic E-state index is 3.73. The van der Waals surface area contributed by atoms with E-state index in [0.717, 1.165) is 6.42 Å². The molecule has 1 N–H and O–H groups in total. The summed E-state index contributed by atoms with van der Waals surface area (Å²) in [7, 11) is 0. The third-order valence-electron chi connectivity index (χ3n) is 5.10. The minimum atomic E-state index is 0.500. The molecule has 0 radical (unpaired) electrons. The van der Waals surface area contributed by atoms with Crippen molar-refractivity contribution in [2.45, 2.75) is 13.3 Å². The number of nitrogens with one attached hydrogen (secondary N) is 1. The van der Waals surface area contributed by atoms with Crippen molar-refractivity contribution >= 4 is 44.0 Å². The van der Waals surface area contributed by atoms with Crippen LogP contribution in [0.1, 0.15) is 17.4 Å². The van der Waals surface area contributed by atoms with Crippen LogP contribution in [0.2, 0.25) is 0 Å². The van der Waals surface area contributed by atoms with Gasteiger partial charge in [0.25, 0.3) is 0 Å². The molecule has 1 aliphatic rings. The Labute approximate surface area is 151 Å². The van der Waals surface area contributed by atoms with Gasteiger partial charge in [-0.05, 0) is 35.6 Å². The second-order valence-electron chi connectivity index (χ2n) is 6.79. The Bertz CT molecular complexity index is 1110. The molecule has 1 aromatic heterocycles. The Morgan fingerprint density at radius 2 is 1.64 bits per heavy atom. The highest BCUT2D eigenvalue weighted by Gasteiger charge is 2.22. The minimum Gasteiger partial charge on any atom is -0.358 e. The van der Waals surface area contributed by atoms with Crippen molar-refractivity contribution in [3.8, 4) is 0 Å². The normalized spacial score (nSPS) is 16.7. The van der Waals surface area contributed by atoms with E-state index in [-0.39, 0.29) is 0 Å². The zero-order valence-corrected chi connectivity index (χ0v) is 14.9. The Morgan fingerprint density at radius 3 is 2.56 bits per heavy atom. The van der Waals surface area contributed by atoms with E-state index in [0.29, 0.717) is 5.92 Å². The molecule has 0 fully saturated rings. The molecule has 0 amide bonds. The maximum Gasteiger partial charge on any atom is 0.0461 e. The van der Waals surface area contributed by atoms with Crippen molar-refractivity contribution in [1.29, 1.82) is 0 Å². The summed E-state index contributed by atoms with van der Waals surface area (Å²) in [5.74, 6) is 0.500. The molecular weight excluding hydrogens is 322 g/mol. The second kappa shape index (κ2) is 5.75. The lowest BCUT2D eigenvalue weighted by Crippen LogP contribution is -2.15. The molecule has 0 bridgehead atoms. The SMILES string of the molecule is CC1Cc2sc3ccccc3c2C=C1Nc1cccc2ccccc12. The molecule has 1 unspecified atom stereocenters. The monoisotopic (exact) mass is 341 g/mol.